The molecule has 2 N–H and O–H groups in total. The maximum absolute atomic E-state index is 5.68. The summed E-state index contributed by atoms with van der Waals surface area (Å²) in [4.78, 5) is 4.43. The van der Waals surface area contributed by atoms with E-state index in [1.165, 1.54) is 4.70 Å². The smallest absolute Gasteiger partial charge is 0.126 e. The van der Waals surface area contributed by atoms with Gasteiger partial charge in [0.1, 0.15) is 5.75 Å². The molecule has 0 saturated carbocycles. The summed E-state index contributed by atoms with van der Waals surface area (Å²) >= 11 is 1.69. The molecule has 0 aliphatic carbocycles. The van der Waals surface area contributed by atoms with E-state index in [0.29, 0.717) is 13.2 Å². The van der Waals surface area contributed by atoms with E-state index >= 15 is 0 Å². The molecule has 1 heterocycles. The second kappa shape index (κ2) is 5.48. The van der Waals surface area contributed by atoms with Gasteiger partial charge in [0.05, 0.1) is 21.8 Å². The molecule has 0 atom stereocenters. The van der Waals surface area contributed by atoms with Crippen molar-refractivity contribution in [2.75, 3.05) is 6.61 Å². The average molecular weight is 259 g/mol. The number of thiazole rings is 1. The summed E-state index contributed by atoms with van der Waals surface area (Å²) in [6.45, 7) is 5.13. The Morgan fingerprint density at radius 3 is 2.81 bits per heavy atom. The van der Waals surface area contributed by atoms with Crippen molar-refractivity contribution in [1.29, 1.82) is 0 Å². The second-order valence-electron chi connectivity index (χ2n) is 3.30. The molecule has 0 unspecified atom stereocenters. The molecule has 0 saturated heterocycles. The Kier molecular flexibility index (Phi) is 4.53. The van der Waals surface area contributed by atoms with Gasteiger partial charge in [-0.25, -0.2) is 4.98 Å². The minimum atomic E-state index is 0. The van der Waals surface area contributed by atoms with Crippen molar-refractivity contribution in [3.05, 3.63) is 22.7 Å². The minimum Gasteiger partial charge on any atom is -0.493 e. The normalized spacial score (nSPS) is 10.2. The van der Waals surface area contributed by atoms with E-state index in [-0.39, 0.29) is 12.4 Å². The largest absolute Gasteiger partial charge is 0.493 e. The summed E-state index contributed by atoms with van der Waals surface area (Å²) in [6.07, 6.45) is 0. The first-order valence-corrected chi connectivity index (χ1v) is 5.79. The number of aryl methyl sites for hydroxylation is 1. The zero-order valence-electron chi connectivity index (χ0n) is 9.32. The van der Waals surface area contributed by atoms with Crippen molar-refractivity contribution in [2.45, 2.75) is 20.4 Å². The van der Waals surface area contributed by atoms with E-state index in [1.807, 2.05) is 19.9 Å². The lowest BCUT2D eigenvalue weighted by Gasteiger charge is -2.07. The van der Waals surface area contributed by atoms with Crippen LogP contribution >= 0.6 is 23.7 Å². The Morgan fingerprint density at radius 1 is 1.44 bits per heavy atom. The number of benzene rings is 1. The summed E-state index contributed by atoms with van der Waals surface area (Å²) in [5.41, 5.74) is 7.73. The molecule has 5 heteroatoms. The molecule has 0 radical (unpaired) electrons. The first-order chi connectivity index (χ1) is 7.24. The number of nitrogens with zero attached hydrogens (tertiary/aromatic N) is 1. The van der Waals surface area contributed by atoms with Crippen molar-refractivity contribution < 1.29 is 4.74 Å². The predicted octanol–water partition coefficient (Wildman–Crippen LogP) is 2.88. The molecule has 0 aliphatic rings. The van der Waals surface area contributed by atoms with E-state index < -0.39 is 0 Å². The van der Waals surface area contributed by atoms with Crippen LogP contribution in [0.15, 0.2) is 12.1 Å². The lowest BCUT2D eigenvalue weighted by molar-refractivity contribution is 0.337. The number of halogens is 1. The Morgan fingerprint density at radius 2 is 2.19 bits per heavy atom. The Balaban J connectivity index is 0.00000128. The third kappa shape index (κ3) is 2.45. The van der Waals surface area contributed by atoms with Crippen LogP contribution in [0.1, 0.15) is 17.5 Å². The summed E-state index contributed by atoms with van der Waals surface area (Å²) in [5.74, 6) is 0.859. The molecule has 1 aromatic heterocycles. The molecule has 0 bridgehead atoms. The highest BCUT2D eigenvalue weighted by Gasteiger charge is 2.07. The molecular formula is C11H15ClN2OS. The Bertz CT molecular complexity index is 484. The fourth-order valence-electron chi connectivity index (χ4n) is 1.56. The van der Waals surface area contributed by atoms with Crippen LogP contribution in [0, 0.1) is 6.92 Å². The molecule has 88 valence electrons. The zero-order chi connectivity index (χ0) is 10.8. The lowest BCUT2D eigenvalue weighted by Crippen LogP contribution is -2.01. The summed E-state index contributed by atoms with van der Waals surface area (Å²) < 4.78 is 6.71. The fraction of sp³-hybridized carbons (Fsp3) is 0.364. The van der Waals surface area contributed by atoms with Crippen LogP contribution in [0.3, 0.4) is 0 Å². The highest BCUT2D eigenvalue weighted by molar-refractivity contribution is 7.18. The molecule has 3 nitrogen and oxygen atoms in total. The number of fused-ring (bicyclic) bond motifs is 1. The third-order valence-electron chi connectivity index (χ3n) is 2.20. The SMILES string of the molecule is CCOc1cc2nc(C)sc2cc1CN.Cl. The topological polar surface area (TPSA) is 48.1 Å². The number of rotatable bonds is 3. The molecule has 2 rings (SSSR count). The summed E-state index contributed by atoms with van der Waals surface area (Å²) in [7, 11) is 0. The molecule has 0 fully saturated rings. The van der Waals surface area contributed by atoms with E-state index in [1.54, 1.807) is 11.3 Å². The van der Waals surface area contributed by atoms with Crippen LogP contribution < -0.4 is 10.5 Å². The lowest BCUT2D eigenvalue weighted by atomic mass is 10.2. The monoisotopic (exact) mass is 258 g/mol. The van der Waals surface area contributed by atoms with Crippen LogP contribution in [0.5, 0.6) is 5.75 Å². The van der Waals surface area contributed by atoms with Gasteiger partial charge < -0.3 is 10.5 Å². The van der Waals surface area contributed by atoms with Crippen molar-refractivity contribution >= 4 is 34.0 Å². The quantitative estimate of drug-likeness (QED) is 0.921. The molecule has 2 aromatic rings. The number of aromatic nitrogens is 1. The van der Waals surface area contributed by atoms with Gasteiger partial charge in [0.25, 0.3) is 0 Å². The summed E-state index contributed by atoms with van der Waals surface area (Å²) in [5, 5.41) is 1.07. The molecule has 16 heavy (non-hydrogen) atoms. The van der Waals surface area contributed by atoms with Gasteiger partial charge in [-0.15, -0.1) is 23.7 Å². The number of ether oxygens (including phenoxy) is 1. The number of nitrogens with two attached hydrogens (primary N) is 1. The second-order valence-corrected chi connectivity index (χ2v) is 4.53. The van der Waals surface area contributed by atoms with Gasteiger partial charge in [0, 0.05) is 18.2 Å². The third-order valence-corrected chi connectivity index (χ3v) is 3.13. The Hall–Kier alpha value is -0.840. The van der Waals surface area contributed by atoms with E-state index in [9.17, 15) is 0 Å². The van der Waals surface area contributed by atoms with Gasteiger partial charge in [-0.1, -0.05) is 0 Å². The van der Waals surface area contributed by atoms with E-state index in [2.05, 4.69) is 11.1 Å². The predicted molar refractivity (Wildman–Crippen MR) is 70.7 cm³/mol. The maximum Gasteiger partial charge on any atom is 0.126 e. The standard InChI is InChI=1S/C11H14N2OS.ClH/c1-3-14-10-5-9-11(4-8(10)6-12)15-7(2)13-9;/h4-5H,3,6,12H2,1-2H3;1H. The molecule has 0 amide bonds. The fourth-order valence-corrected chi connectivity index (χ4v) is 2.43. The maximum atomic E-state index is 5.68. The van der Waals surface area contributed by atoms with E-state index in [0.717, 1.165) is 21.8 Å². The Labute approximate surface area is 105 Å². The van der Waals surface area contributed by atoms with Crippen molar-refractivity contribution in [3.8, 4) is 5.75 Å². The van der Waals surface area contributed by atoms with Crippen LogP contribution in [-0.2, 0) is 6.54 Å². The molecule has 0 spiro atoms. The van der Waals surface area contributed by atoms with Crippen LogP contribution in [-0.4, -0.2) is 11.6 Å². The van der Waals surface area contributed by atoms with Crippen molar-refractivity contribution in [3.63, 3.8) is 0 Å². The zero-order valence-corrected chi connectivity index (χ0v) is 11.0. The van der Waals surface area contributed by atoms with Gasteiger partial charge in [0.2, 0.25) is 0 Å². The first kappa shape index (κ1) is 13.2. The molecular weight excluding hydrogens is 244 g/mol. The highest BCUT2D eigenvalue weighted by Crippen LogP contribution is 2.29. The summed E-state index contributed by atoms with van der Waals surface area (Å²) in [6, 6.07) is 4.05. The van der Waals surface area contributed by atoms with E-state index in [4.69, 9.17) is 10.5 Å². The van der Waals surface area contributed by atoms with Crippen molar-refractivity contribution in [2.24, 2.45) is 5.73 Å². The van der Waals surface area contributed by atoms with Crippen LogP contribution in [0.4, 0.5) is 0 Å². The number of hydrogen-bond acceptors (Lipinski definition) is 4. The van der Waals surface area contributed by atoms with Gasteiger partial charge in [-0.05, 0) is 19.9 Å². The van der Waals surface area contributed by atoms with Crippen molar-refractivity contribution in [1.82, 2.24) is 4.98 Å². The molecule has 0 aliphatic heterocycles. The van der Waals surface area contributed by atoms with Gasteiger partial charge in [-0.2, -0.15) is 0 Å². The minimum absolute atomic E-state index is 0. The average Bonchev–Trinajstić information content (AvgIpc) is 2.56. The van der Waals surface area contributed by atoms with Gasteiger partial charge >= 0.3 is 0 Å². The number of hydrogen-bond donors (Lipinski definition) is 1. The van der Waals surface area contributed by atoms with Crippen LogP contribution in [0.2, 0.25) is 0 Å². The molecule has 1 aromatic carbocycles. The van der Waals surface area contributed by atoms with Gasteiger partial charge in [0.15, 0.2) is 0 Å². The van der Waals surface area contributed by atoms with Gasteiger partial charge in [-0.3, -0.25) is 0 Å². The highest BCUT2D eigenvalue weighted by atomic mass is 35.5. The first-order valence-electron chi connectivity index (χ1n) is 4.97. The van der Waals surface area contributed by atoms with Crippen LogP contribution in [0.25, 0.3) is 10.2 Å².